The Labute approximate surface area is 92.8 Å². The molecule has 0 radical (unpaired) electrons. The summed E-state index contributed by atoms with van der Waals surface area (Å²) in [6.07, 6.45) is 0. The minimum Gasteiger partial charge on any atom is -0.512 e. The van der Waals surface area contributed by atoms with Gasteiger partial charge in [0, 0.05) is 0 Å². The number of rotatable bonds is 0. The maximum atomic E-state index is 6.25. The summed E-state index contributed by atoms with van der Waals surface area (Å²) in [5.74, 6) is 0. The van der Waals surface area contributed by atoms with Crippen molar-refractivity contribution in [1.82, 2.24) is 0 Å². The van der Waals surface area contributed by atoms with E-state index < -0.39 is 0 Å². The van der Waals surface area contributed by atoms with Gasteiger partial charge in [0.2, 0.25) is 0 Å². The van der Waals surface area contributed by atoms with Crippen LogP contribution in [-0.4, -0.2) is 0 Å². The van der Waals surface area contributed by atoms with Crippen molar-refractivity contribution in [2.45, 2.75) is 0 Å². The van der Waals surface area contributed by atoms with Gasteiger partial charge in [-0.3, -0.25) is 0 Å². The first-order chi connectivity index (χ1) is 2.00. The fraction of sp³-hybridized carbons (Fsp3) is 0. The van der Waals surface area contributed by atoms with Gasteiger partial charge in [0.05, 0.1) is 0 Å². The molecule has 5 heteroatoms. The molecular formula is C4H6FeLi2N2. The molecule has 0 aromatic heterocycles. The summed E-state index contributed by atoms with van der Waals surface area (Å²) in [4.78, 5) is 0. The van der Waals surface area contributed by atoms with Crippen molar-refractivity contribution >= 4 is 0 Å². The topological polar surface area (TPSA) is 47.6 Å². The van der Waals surface area contributed by atoms with Crippen LogP contribution in [0.5, 0.6) is 0 Å². The molecule has 0 fully saturated rings. The molecule has 0 aliphatic heterocycles. The summed E-state index contributed by atoms with van der Waals surface area (Å²) in [5, 5.41) is 12.5. The third-order valence-electron chi connectivity index (χ3n) is 0. The molecule has 0 spiro atoms. The van der Waals surface area contributed by atoms with Crippen LogP contribution in [-0.2, 0) is 17.1 Å². The predicted molar refractivity (Wildman–Crippen MR) is 22.8 cm³/mol. The Bertz CT molecular complexity index is 32.0. The first-order valence-corrected chi connectivity index (χ1v) is 0.447. The molecule has 0 rings (SSSR count). The third kappa shape index (κ3) is 808. The van der Waals surface area contributed by atoms with Crippen molar-refractivity contribution in [2.24, 2.45) is 0 Å². The number of nitrogens with zero attached hydrogens (tertiary/aromatic N) is 2. The van der Waals surface area contributed by atoms with Gasteiger partial charge in [-0.05, 0) is 0 Å². The average molecular weight is 152 g/mol. The van der Waals surface area contributed by atoms with Crippen LogP contribution in [0.4, 0.5) is 0 Å². The molecule has 0 aliphatic rings. The van der Waals surface area contributed by atoms with E-state index in [0.717, 1.165) is 0 Å². The van der Waals surface area contributed by atoms with E-state index in [2.05, 4.69) is 0 Å². The molecule has 9 heavy (non-hydrogen) atoms. The normalized spacial score (nSPS) is 0.444. The quantitative estimate of drug-likeness (QED) is 0.258. The van der Waals surface area contributed by atoms with Crippen LogP contribution in [0.25, 0.3) is 0 Å². The van der Waals surface area contributed by atoms with Gasteiger partial charge in [0.15, 0.2) is 0 Å². The van der Waals surface area contributed by atoms with E-state index in [0.29, 0.717) is 0 Å². The second kappa shape index (κ2) is 1070. The molecular weight excluding hydrogens is 146 g/mol. The van der Waals surface area contributed by atoms with Crippen LogP contribution in [0.15, 0.2) is 0 Å². The summed E-state index contributed by atoms with van der Waals surface area (Å²) in [6.45, 7) is 9.50. The molecule has 0 unspecified atom stereocenters. The molecule has 0 aliphatic carbocycles. The van der Waals surface area contributed by atoms with Crippen LogP contribution in [0.3, 0.4) is 0 Å². The molecule has 0 bridgehead atoms. The predicted octanol–water partition coefficient (Wildman–Crippen LogP) is -4.90. The zero-order valence-electron chi connectivity index (χ0n) is 6.25. The van der Waals surface area contributed by atoms with Crippen LogP contribution in [0.1, 0.15) is 0 Å². The second-order valence-electron chi connectivity index (χ2n) is 0. The van der Waals surface area contributed by atoms with Crippen molar-refractivity contribution in [2.75, 3.05) is 0 Å². The van der Waals surface area contributed by atoms with E-state index >= 15 is 0 Å². The molecule has 2 nitrogen and oxygen atoms in total. The van der Waals surface area contributed by atoms with Crippen molar-refractivity contribution in [3.05, 3.63) is 28.0 Å². The molecule has 0 N–H and O–H groups in total. The molecule has 0 aromatic carbocycles. The van der Waals surface area contributed by atoms with E-state index in [1.165, 1.54) is 0 Å². The van der Waals surface area contributed by atoms with E-state index in [1.54, 1.807) is 0 Å². The van der Waals surface area contributed by atoms with E-state index in [9.17, 15) is 0 Å². The smallest absolute Gasteiger partial charge is 0.512 e. The van der Waals surface area contributed by atoms with Crippen molar-refractivity contribution in [1.29, 1.82) is 10.5 Å². The Balaban J connectivity index is -0.00000000114. The molecule has 42 valence electrons. The monoisotopic (exact) mass is 152 g/mol. The van der Waals surface area contributed by atoms with Crippen LogP contribution >= 0.6 is 0 Å². The standard InChI is InChI=1S/2CN.2CH3.Fe.2Li/c2*1-2;;;;;/h;;2*1H3;;;/q4*-1;+2;2*+1. The average Bonchev–Trinajstić information content (AvgIpc) is 1.50. The largest absolute Gasteiger partial charge is 2.00 e. The molecule has 0 aromatic rings. The number of hydrogen-bond acceptors (Lipinski definition) is 2. The zero-order valence-corrected chi connectivity index (χ0v) is 7.35. The van der Waals surface area contributed by atoms with Gasteiger partial charge in [-0.1, -0.05) is 0 Å². The van der Waals surface area contributed by atoms with E-state index in [4.69, 9.17) is 23.7 Å². The van der Waals surface area contributed by atoms with Crippen molar-refractivity contribution in [3.63, 3.8) is 0 Å². The third-order valence-corrected chi connectivity index (χ3v) is 0. The van der Waals surface area contributed by atoms with Crippen LogP contribution < -0.4 is 37.7 Å². The molecule has 0 saturated heterocycles. The maximum absolute atomic E-state index is 6.25. The van der Waals surface area contributed by atoms with Crippen molar-refractivity contribution in [3.8, 4) is 0 Å². The Morgan fingerprint density at radius 2 is 0.667 bits per heavy atom. The summed E-state index contributed by atoms with van der Waals surface area (Å²) >= 11 is 0. The van der Waals surface area contributed by atoms with Gasteiger partial charge in [-0.25, -0.2) is 0 Å². The zero-order chi connectivity index (χ0) is 4.00. The van der Waals surface area contributed by atoms with Crippen LogP contribution in [0, 0.1) is 38.5 Å². The fourth-order valence-corrected chi connectivity index (χ4v) is 0. The van der Waals surface area contributed by atoms with Gasteiger partial charge in [0.1, 0.15) is 0 Å². The second-order valence-corrected chi connectivity index (χ2v) is 0. The minimum absolute atomic E-state index is 0. The number of hydrogen-bond donors (Lipinski definition) is 0. The van der Waals surface area contributed by atoms with E-state index in [-0.39, 0.29) is 69.6 Å². The fourth-order valence-electron chi connectivity index (χ4n) is 0. The van der Waals surface area contributed by atoms with Gasteiger partial charge < -0.3 is 38.5 Å². The van der Waals surface area contributed by atoms with Crippen LogP contribution in [0.2, 0.25) is 0 Å². The summed E-state index contributed by atoms with van der Waals surface area (Å²) in [7, 11) is 0. The maximum Gasteiger partial charge on any atom is 2.00 e. The van der Waals surface area contributed by atoms with Gasteiger partial charge in [-0.15, -0.1) is 0 Å². The first kappa shape index (κ1) is 101. The molecule has 0 atom stereocenters. The minimum atomic E-state index is 0. The Morgan fingerprint density at radius 1 is 0.667 bits per heavy atom. The Kier molecular flexibility index (Phi) is 12000. The Morgan fingerprint density at radius 3 is 0.667 bits per heavy atom. The molecule has 0 amide bonds. The summed E-state index contributed by atoms with van der Waals surface area (Å²) < 4.78 is 0. The molecule has 0 heterocycles. The summed E-state index contributed by atoms with van der Waals surface area (Å²) in [5.41, 5.74) is 0. The molecule has 0 saturated carbocycles. The SMILES string of the molecule is [C-]#N.[C-]#N.[CH3-].[CH3-].[Fe+2].[Li+].[Li+]. The summed E-state index contributed by atoms with van der Waals surface area (Å²) in [6, 6.07) is 0. The first-order valence-electron chi connectivity index (χ1n) is 0.447. The van der Waals surface area contributed by atoms with E-state index in [1.807, 2.05) is 0 Å². The van der Waals surface area contributed by atoms with Gasteiger partial charge in [0.25, 0.3) is 0 Å². The van der Waals surface area contributed by atoms with Crippen molar-refractivity contribution < 1.29 is 54.8 Å². The van der Waals surface area contributed by atoms with Gasteiger partial charge in [-0.2, -0.15) is 0 Å². The Hall–Kier alpha value is 0.694. The van der Waals surface area contributed by atoms with Gasteiger partial charge >= 0.3 is 54.8 Å².